The van der Waals surface area contributed by atoms with Gasteiger partial charge >= 0.3 is 0 Å². The lowest BCUT2D eigenvalue weighted by Crippen LogP contribution is -2.57. The fourth-order valence-electron chi connectivity index (χ4n) is 3.32. The summed E-state index contributed by atoms with van der Waals surface area (Å²) in [6, 6.07) is 3.88. The highest BCUT2D eigenvalue weighted by Gasteiger charge is 2.37. The minimum absolute atomic E-state index is 0.0631. The summed E-state index contributed by atoms with van der Waals surface area (Å²) in [6.45, 7) is 6.11. The maximum absolute atomic E-state index is 12.9. The van der Waals surface area contributed by atoms with Crippen LogP contribution < -0.4 is 0 Å². The second-order valence-corrected chi connectivity index (χ2v) is 9.58. The van der Waals surface area contributed by atoms with Crippen LogP contribution in [0.25, 0.3) is 0 Å². The van der Waals surface area contributed by atoms with Crippen LogP contribution in [0, 0.1) is 0 Å². The summed E-state index contributed by atoms with van der Waals surface area (Å²) in [4.78, 5) is 15.1. The number of hydrogen-bond acceptors (Lipinski definition) is 5. The molecule has 0 radical (unpaired) electrons. The molecule has 3 rings (SSSR count). The van der Waals surface area contributed by atoms with Gasteiger partial charge in [0, 0.05) is 44.1 Å². The zero-order valence-electron chi connectivity index (χ0n) is 14.6. The van der Waals surface area contributed by atoms with Crippen LogP contribution >= 0.6 is 11.3 Å². The Bertz CT molecular complexity index is 674. The minimum Gasteiger partial charge on any atom is -0.373 e. The van der Waals surface area contributed by atoms with Crippen LogP contribution in [0.2, 0.25) is 0 Å². The van der Waals surface area contributed by atoms with Crippen LogP contribution in [0.1, 0.15) is 18.7 Å². The van der Waals surface area contributed by atoms with Crippen LogP contribution in [-0.4, -0.2) is 79.3 Å². The fourth-order valence-corrected chi connectivity index (χ4v) is 5.77. The van der Waals surface area contributed by atoms with Gasteiger partial charge in [0.25, 0.3) is 10.2 Å². The van der Waals surface area contributed by atoms with Crippen molar-refractivity contribution in [2.45, 2.75) is 32.5 Å². The SMILES string of the molecule is CC1CN(S(=O)(=O)N2CCN(C(=O)Cc3cccs3)CC2)CC(C)O1. The number of carbonyl (C=O) groups is 1. The molecule has 0 N–H and O–H groups in total. The zero-order valence-corrected chi connectivity index (χ0v) is 16.3. The van der Waals surface area contributed by atoms with E-state index >= 15 is 0 Å². The quantitative estimate of drug-likeness (QED) is 0.766. The number of piperazine rings is 1. The Morgan fingerprint density at radius 3 is 2.36 bits per heavy atom. The summed E-state index contributed by atoms with van der Waals surface area (Å²) in [5.74, 6) is 0.0631. The first-order valence-corrected chi connectivity index (χ1v) is 10.8. The average molecular weight is 388 g/mol. The van der Waals surface area contributed by atoms with Gasteiger partial charge in [-0.15, -0.1) is 11.3 Å². The van der Waals surface area contributed by atoms with Crippen LogP contribution in [-0.2, 0) is 26.2 Å². The van der Waals surface area contributed by atoms with Gasteiger partial charge in [-0.05, 0) is 25.3 Å². The summed E-state index contributed by atoms with van der Waals surface area (Å²) in [7, 11) is -3.50. The Kier molecular flexibility index (Phi) is 5.79. The van der Waals surface area contributed by atoms with E-state index in [0.717, 1.165) is 4.88 Å². The predicted octanol–water partition coefficient (Wildman–Crippen LogP) is 0.789. The molecule has 1 aromatic rings. The minimum atomic E-state index is -3.50. The van der Waals surface area contributed by atoms with Crippen LogP contribution in [0.3, 0.4) is 0 Å². The van der Waals surface area contributed by atoms with Gasteiger partial charge in [-0.1, -0.05) is 6.07 Å². The highest BCUT2D eigenvalue weighted by atomic mass is 32.2. The topological polar surface area (TPSA) is 70.2 Å². The molecule has 2 atom stereocenters. The van der Waals surface area contributed by atoms with Crippen LogP contribution in [0.5, 0.6) is 0 Å². The number of amides is 1. The lowest BCUT2D eigenvalue weighted by atomic mass is 10.3. The molecule has 2 aliphatic heterocycles. The summed E-state index contributed by atoms with van der Waals surface area (Å²) in [5, 5.41) is 1.96. The van der Waals surface area contributed by atoms with Crippen molar-refractivity contribution in [1.82, 2.24) is 13.5 Å². The van der Waals surface area contributed by atoms with Crippen molar-refractivity contribution in [3.63, 3.8) is 0 Å². The van der Waals surface area contributed by atoms with Crippen molar-refractivity contribution >= 4 is 27.5 Å². The molecule has 25 heavy (non-hydrogen) atoms. The molecule has 1 amide bonds. The summed E-state index contributed by atoms with van der Waals surface area (Å²) < 4.78 is 34.3. The molecular weight excluding hydrogens is 362 g/mol. The number of rotatable bonds is 4. The molecule has 1 aromatic heterocycles. The average Bonchev–Trinajstić information content (AvgIpc) is 3.07. The van der Waals surface area contributed by atoms with E-state index in [-0.39, 0.29) is 18.1 Å². The summed E-state index contributed by atoms with van der Waals surface area (Å²) >= 11 is 1.57. The van der Waals surface area contributed by atoms with Crippen molar-refractivity contribution in [3.05, 3.63) is 22.4 Å². The highest BCUT2D eigenvalue weighted by molar-refractivity contribution is 7.86. The number of ether oxygens (including phenoxy) is 1. The zero-order chi connectivity index (χ0) is 18.0. The molecule has 0 saturated carbocycles. The number of morpholine rings is 1. The van der Waals surface area contributed by atoms with E-state index < -0.39 is 10.2 Å². The smallest absolute Gasteiger partial charge is 0.282 e. The molecular formula is C16H25N3O4S2. The predicted molar refractivity (Wildman–Crippen MR) is 96.7 cm³/mol. The Hall–Kier alpha value is -1.00. The van der Waals surface area contributed by atoms with Crippen molar-refractivity contribution < 1.29 is 17.9 Å². The van der Waals surface area contributed by atoms with E-state index in [1.54, 1.807) is 16.2 Å². The van der Waals surface area contributed by atoms with E-state index in [0.29, 0.717) is 45.7 Å². The Morgan fingerprint density at radius 1 is 1.16 bits per heavy atom. The van der Waals surface area contributed by atoms with Crippen molar-refractivity contribution in [1.29, 1.82) is 0 Å². The second kappa shape index (κ2) is 7.71. The maximum atomic E-state index is 12.9. The molecule has 2 saturated heterocycles. The Morgan fingerprint density at radius 2 is 1.80 bits per heavy atom. The Labute approximate surface area is 153 Å². The molecule has 2 aliphatic rings. The molecule has 2 fully saturated rings. The molecule has 0 spiro atoms. The lowest BCUT2D eigenvalue weighted by Gasteiger charge is -2.40. The molecule has 9 heteroatoms. The Balaban J connectivity index is 1.56. The van der Waals surface area contributed by atoms with E-state index in [4.69, 9.17) is 4.74 Å². The van der Waals surface area contributed by atoms with Gasteiger partial charge in [0.2, 0.25) is 5.91 Å². The molecule has 0 aromatic carbocycles. The molecule has 0 aliphatic carbocycles. The van der Waals surface area contributed by atoms with E-state index in [1.807, 2.05) is 31.4 Å². The van der Waals surface area contributed by atoms with Gasteiger partial charge in [0.15, 0.2) is 0 Å². The van der Waals surface area contributed by atoms with Crippen molar-refractivity contribution in [3.8, 4) is 0 Å². The molecule has 140 valence electrons. The van der Waals surface area contributed by atoms with E-state index in [9.17, 15) is 13.2 Å². The van der Waals surface area contributed by atoms with Crippen molar-refractivity contribution in [2.75, 3.05) is 39.3 Å². The molecule has 0 bridgehead atoms. The lowest BCUT2D eigenvalue weighted by molar-refractivity contribution is -0.131. The third kappa shape index (κ3) is 4.40. The normalized spacial score (nSPS) is 26.7. The van der Waals surface area contributed by atoms with Gasteiger partial charge in [0.1, 0.15) is 0 Å². The number of thiophene rings is 1. The maximum Gasteiger partial charge on any atom is 0.282 e. The fraction of sp³-hybridized carbons (Fsp3) is 0.688. The van der Waals surface area contributed by atoms with Gasteiger partial charge in [-0.3, -0.25) is 4.79 Å². The molecule has 3 heterocycles. The van der Waals surface area contributed by atoms with Gasteiger partial charge in [0.05, 0.1) is 18.6 Å². The molecule has 2 unspecified atom stereocenters. The number of carbonyl (C=O) groups excluding carboxylic acids is 1. The van der Waals surface area contributed by atoms with Crippen LogP contribution in [0.4, 0.5) is 0 Å². The van der Waals surface area contributed by atoms with Gasteiger partial charge < -0.3 is 9.64 Å². The van der Waals surface area contributed by atoms with Gasteiger partial charge in [-0.25, -0.2) is 0 Å². The first kappa shape index (κ1) is 18.8. The molecule has 7 nitrogen and oxygen atoms in total. The third-order valence-electron chi connectivity index (χ3n) is 4.54. The third-order valence-corrected chi connectivity index (χ3v) is 7.38. The number of nitrogens with zero attached hydrogens (tertiary/aromatic N) is 3. The monoisotopic (exact) mass is 387 g/mol. The standard InChI is InChI=1S/C16H25N3O4S2/c1-13-11-19(12-14(2)23-13)25(21,22)18-7-5-17(6-8-18)16(20)10-15-4-3-9-24-15/h3-4,9,13-14H,5-8,10-12H2,1-2H3. The largest absolute Gasteiger partial charge is 0.373 e. The number of hydrogen-bond donors (Lipinski definition) is 0. The van der Waals surface area contributed by atoms with E-state index in [2.05, 4.69) is 0 Å². The van der Waals surface area contributed by atoms with E-state index in [1.165, 1.54) is 8.61 Å². The summed E-state index contributed by atoms with van der Waals surface area (Å²) in [5.41, 5.74) is 0. The van der Waals surface area contributed by atoms with Crippen molar-refractivity contribution in [2.24, 2.45) is 0 Å². The second-order valence-electron chi connectivity index (χ2n) is 6.62. The van der Waals surface area contributed by atoms with Crippen LogP contribution in [0.15, 0.2) is 17.5 Å². The first-order chi connectivity index (χ1) is 11.9. The van der Waals surface area contributed by atoms with Gasteiger partial charge in [-0.2, -0.15) is 17.0 Å². The highest BCUT2D eigenvalue weighted by Crippen LogP contribution is 2.19. The first-order valence-electron chi connectivity index (χ1n) is 8.57. The summed E-state index contributed by atoms with van der Waals surface area (Å²) in [6.07, 6.45) is 0.183.